The molecule has 43 heavy (non-hydrogen) atoms. The number of Topliss-reactive ketones (excluding diaryl/α,β-unsaturated/α-hetero) is 1. The standard InChI is InChI=1S/C36H58N4O2.BrH/c1-8-22-39(27-35(42)38-36-31(6)18-15-19-32(36)7)23-13-11-12-20-37-21-25-40(10-3,24-9-2)28-33(41)26-34-29(4)16-14-17-30(34)5;/h14-19,37H,8-13,20-28H2,1-7H3;1H. The van der Waals surface area contributed by atoms with Gasteiger partial charge in [0.15, 0.2) is 5.78 Å². The van der Waals surface area contributed by atoms with E-state index < -0.39 is 0 Å². The number of carbonyl (C=O) groups is 2. The first kappa shape index (κ1) is 39.0. The average Bonchev–Trinajstić information content (AvgIpc) is 2.94. The molecule has 0 aliphatic carbocycles. The lowest BCUT2D eigenvalue weighted by atomic mass is 9.97. The number of hydrogen-bond acceptors (Lipinski definition) is 4. The second-order valence-corrected chi connectivity index (χ2v) is 12.3. The number of halogens is 1. The van der Waals surface area contributed by atoms with Crippen LogP contribution in [0, 0.1) is 27.7 Å². The van der Waals surface area contributed by atoms with Gasteiger partial charge in [0.05, 0.1) is 26.2 Å². The SMILES string of the molecule is CCCN(CCCCCNCC[N+](CC)(CCC)CC(=O)Cc1c(C)cccc1C)CC(=O)Nc1c(C)cccc1C.[Br-]. The smallest absolute Gasteiger partial charge is 0.238 e. The summed E-state index contributed by atoms with van der Waals surface area (Å²) in [5.74, 6) is 0.418. The molecule has 242 valence electrons. The number of para-hydroxylation sites is 1. The van der Waals surface area contributed by atoms with E-state index in [0.717, 1.165) is 99.2 Å². The van der Waals surface area contributed by atoms with Crippen LogP contribution in [0.4, 0.5) is 5.69 Å². The van der Waals surface area contributed by atoms with Crippen LogP contribution in [0.3, 0.4) is 0 Å². The highest BCUT2D eigenvalue weighted by molar-refractivity contribution is 5.93. The maximum Gasteiger partial charge on any atom is 0.238 e. The fraction of sp³-hybridized carbons (Fsp3) is 0.611. The van der Waals surface area contributed by atoms with Crippen molar-refractivity contribution in [3.8, 4) is 0 Å². The summed E-state index contributed by atoms with van der Waals surface area (Å²) in [6.45, 7) is 22.8. The molecule has 0 bridgehead atoms. The molecule has 2 rings (SSSR count). The lowest BCUT2D eigenvalue weighted by molar-refractivity contribution is -0.918. The Kier molecular flexibility index (Phi) is 18.9. The minimum Gasteiger partial charge on any atom is -1.00 e. The van der Waals surface area contributed by atoms with Crippen LogP contribution in [-0.4, -0.2) is 80.0 Å². The van der Waals surface area contributed by atoms with Gasteiger partial charge in [0.1, 0.15) is 6.54 Å². The molecule has 2 aromatic carbocycles. The Morgan fingerprint density at radius 3 is 1.98 bits per heavy atom. The number of nitrogens with one attached hydrogen (secondary N) is 2. The number of anilines is 1. The summed E-state index contributed by atoms with van der Waals surface area (Å²) in [5, 5.41) is 6.79. The highest BCUT2D eigenvalue weighted by Gasteiger charge is 2.28. The molecular formula is C36H59BrN4O2. The molecular weight excluding hydrogens is 600 g/mol. The summed E-state index contributed by atoms with van der Waals surface area (Å²) in [6, 6.07) is 12.4. The Morgan fingerprint density at radius 1 is 0.767 bits per heavy atom. The highest BCUT2D eigenvalue weighted by Crippen LogP contribution is 2.19. The van der Waals surface area contributed by atoms with Gasteiger partial charge in [0, 0.05) is 18.7 Å². The number of nitrogens with zero attached hydrogens (tertiary/aromatic N) is 2. The zero-order valence-electron chi connectivity index (χ0n) is 28.2. The number of aryl methyl sites for hydroxylation is 4. The van der Waals surface area contributed by atoms with Crippen LogP contribution < -0.4 is 27.6 Å². The molecule has 1 unspecified atom stereocenters. The van der Waals surface area contributed by atoms with Crippen LogP contribution in [0.5, 0.6) is 0 Å². The first-order valence-corrected chi connectivity index (χ1v) is 16.4. The number of carbonyl (C=O) groups excluding carboxylic acids is 2. The minimum absolute atomic E-state index is 0. The Labute approximate surface area is 273 Å². The molecule has 1 atom stereocenters. The quantitative estimate of drug-likeness (QED) is 0.160. The monoisotopic (exact) mass is 658 g/mol. The van der Waals surface area contributed by atoms with Gasteiger partial charge in [0.2, 0.25) is 5.91 Å². The molecule has 0 spiro atoms. The molecule has 2 N–H and O–H groups in total. The van der Waals surface area contributed by atoms with Gasteiger partial charge in [-0.05, 0) is 108 Å². The Bertz CT molecular complexity index is 1080. The third-order valence-electron chi connectivity index (χ3n) is 8.64. The van der Waals surface area contributed by atoms with E-state index in [1.165, 1.54) is 16.7 Å². The van der Waals surface area contributed by atoms with Gasteiger partial charge in [-0.2, -0.15) is 0 Å². The van der Waals surface area contributed by atoms with Crippen molar-refractivity contribution in [2.45, 2.75) is 87.0 Å². The first-order valence-electron chi connectivity index (χ1n) is 16.4. The van der Waals surface area contributed by atoms with E-state index in [-0.39, 0.29) is 22.9 Å². The van der Waals surface area contributed by atoms with Crippen molar-refractivity contribution in [3.05, 3.63) is 64.2 Å². The van der Waals surface area contributed by atoms with Crippen molar-refractivity contribution >= 4 is 17.4 Å². The molecule has 0 aliphatic rings. The summed E-state index contributed by atoms with van der Waals surface area (Å²) in [5.41, 5.74) is 6.78. The van der Waals surface area contributed by atoms with E-state index in [2.05, 4.69) is 68.4 Å². The zero-order chi connectivity index (χ0) is 31.0. The molecule has 0 radical (unpaired) electrons. The summed E-state index contributed by atoms with van der Waals surface area (Å²) in [6.07, 6.45) is 6.03. The van der Waals surface area contributed by atoms with Gasteiger partial charge >= 0.3 is 0 Å². The summed E-state index contributed by atoms with van der Waals surface area (Å²) >= 11 is 0. The molecule has 0 saturated heterocycles. The maximum absolute atomic E-state index is 13.2. The number of benzene rings is 2. The van der Waals surface area contributed by atoms with Crippen molar-refractivity contribution in [1.82, 2.24) is 10.2 Å². The first-order chi connectivity index (χ1) is 20.1. The minimum atomic E-state index is 0. The summed E-state index contributed by atoms with van der Waals surface area (Å²) < 4.78 is 0.864. The van der Waals surface area contributed by atoms with Gasteiger partial charge < -0.3 is 32.1 Å². The third kappa shape index (κ3) is 13.6. The largest absolute Gasteiger partial charge is 1.00 e. The molecule has 0 saturated carbocycles. The van der Waals surface area contributed by atoms with E-state index >= 15 is 0 Å². The van der Waals surface area contributed by atoms with Crippen molar-refractivity contribution in [1.29, 1.82) is 0 Å². The van der Waals surface area contributed by atoms with Gasteiger partial charge in [-0.25, -0.2) is 0 Å². The average molecular weight is 660 g/mol. The van der Waals surface area contributed by atoms with Crippen LogP contribution in [0.1, 0.15) is 80.7 Å². The summed E-state index contributed by atoms with van der Waals surface area (Å²) in [4.78, 5) is 28.2. The maximum atomic E-state index is 13.2. The van der Waals surface area contributed by atoms with Gasteiger partial charge in [0.25, 0.3) is 0 Å². The normalized spacial score (nSPS) is 12.6. The fourth-order valence-electron chi connectivity index (χ4n) is 6.11. The lowest BCUT2D eigenvalue weighted by Gasteiger charge is -2.37. The molecule has 1 amide bonds. The molecule has 7 heteroatoms. The predicted molar refractivity (Wildman–Crippen MR) is 178 cm³/mol. The van der Waals surface area contributed by atoms with E-state index in [1.807, 2.05) is 32.0 Å². The van der Waals surface area contributed by atoms with E-state index in [4.69, 9.17) is 0 Å². The van der Waals surface area contributed by atoms with Crippen LogP contribution in [0.2, 0.25) is 0 Å². The highest BCUT2D eigenvalue weighted by atomic mass is 79.9. The van der Waals surface area contributed by atoms with Gasteiger partial charge in [-0.1, -0.05) is 56.7 Å². The van der Waals surface area contributed by atoms with E-state index in [1.54, 1.807) is 0 Å². The van der Waals surface area contributed by atoms with Crippen molar-refractivity contribution < 1.29 is 31.1 Å². The number of ketones is 1. The number of likely N-dealkylation sites (N-methyl/N-ethyl adjacent to an activating group) is 1. The van der Waals surface area contributed by atoms with Crippen LogP contribution >= 0.6 is 0 Å². The third-order valence-corrected chi connectivity index (χ3v) is 8.64. The van der Waals surface area contributed by atoms with Crippen molar-refractivity contribution in [2.75, 3.05) is 64.2 Å². The molecule has 0 aromatic heterocycles. The predicted octanol–water partition coefficient (Wildman–Crippen LogP) is 3.39. The van der Waals surface area contributed by atoms with E-state index in [0.29, 0.717) is 25.3 Å². The molecule has 0 aliphatic heterocycles. The summed E-state index contributed by atoms with van der Waals surface area (Å²) in [7, 11) is 0. The molecule has 0 heterocycles. The van der Waals surface area contributed by atoms with Crippen molar-refractivity contribution in [3.63, 3.8) is 0 Å². The molecule has 2 aromatic rings. The Hall–Kier alpha value is -2.06. The van der Waals surface area contributed by atoms with Crippen LogP contribution in [0.15, 0.2) is 36.4 Å². The number of quaternary nitrogens is 1. The van der Waals surface area contributed by atoms with E-state index in [9.17, 15) is 9.59 Å². The van der Waals surface area contributed by atoms with Crippen molar-refractivity contribution in [2.24, 2.45) is 0 Å². The Morgan fingerprint density at radius 2 is 1.40 bits per heavy atom. The van der Waals surface area contributed by atoms with Gasteiger partial charge in [-0.15, -0.1) is 0 Å². The second kappa shape index (κ2) is 20.8. The van der Waals surface area contributed by atoms with Crippen LogP contribution in [-0.2, 0) is 16.0 Å². The number of hydrogen-bond donors (Lipinski definition) is 2. The fourth-order valence-corrected chi connectivity index (χ4v) is 6.11. The second-order valence-electron chi connectivity index (χ2n) is 12.3. The number of rotatable bonds is 21. The Balaban J connectivity index is 0.00000924. The van der Waals surface area contributed by atoms with Crippen LogP contribution in [0.25, 0.3) is 0 Å². The molecule has 6 nitrogen and oxygen atoms in total. The lowest BCUT2D eigenvalue weighted by Crippen LogP contribution is -3.00. The topological polar surface area (TPSA) is 61.4 Å². The van der Waals surface area contributed by atoms with Gasteiger partial charge in [-0.3, -0.25) is 14.5 Å². The number of amides is 1. The molecule has 0 fully saturated rings. The zero-order valence-corrected chi connectivity index (χ0v) is 29.7. The number of unbranched alkanes of at least 4 members (excludes halogenated alkanes) is 2.